The predicted octanol–water partition coefficient (Wildman–Crippen LogP) is 2.77. The summed E-state index contributed by atoms with van der Waals surface area (Å²) >= 11 is 0. The van der Waals surface area contributed by atoms with Crippen molar-refractivity contribution in [2.45, 2.75) is 51.1 Å². The topological polar surface area (TPSA) is 48.5 Å². The molecule has 1 saturated heterocycles. The van der Waals surface area contributed by atoms with E-state index in [-0.39, 0.29) is 6.03 Å². The van der Waals surface area contributed by atoms with E-state index in [4.69, 9.17) is 0 Å². The highest BCUT2D eigenvalue weighted by Crippen LogP contribution is 2.25. The molecule has 0 unspecified atom stereocenters. The van der Waals surface area contributed by atoms with Crippen LogP contribution in [-0.4, -0.2) is 42.1 Å². The molecule has 2 heterocycles. The molecule has 0 bridgehead atoms. The van der Waals surface area contributed by atoms with Gasteiger partial charge in [0, 0.05) is 38.9 Å². The van der Waals surface area contributed by atoms with E-state index in [1.807, 2.05) is 24.2 Å². The highest BCUT2D eigenvalue weighted by molar-refractivity contribution is 5.74. The van der Waals surface area contributed by atoms with Gasteiger partial charge in [0.25, 0.3) is 0 Å². The van der Waals surface area contributed by atoms with Crippen molar-refractivity contribution in [1.82, 2.24) is 15.2 Å². The number of aromatic nitrogens is 1. The zero-order valence-electron chi connectivity index (χ0n) is 13.4. The highest BCUT2D eigenvalue weighted by Gasteiger charge is 2.29. The second kappa shape index (κ2) is 6.99. The van der Waals surface area contributed by atoms with Gasteiger partial charge in [0.05, 0.1) is 0 Å². The Labute approximate surface area is 132 Å². The Morgan fingerprint density at radius 2 is 2.05 bits per heavy atom. The number of carbonyl (C=O) groups excluding carboxylic acids is 1. The molecule has 3 rings (SSSR count). The number of nitrogens with zero attached hydrogens (tertiary/aromatic N) is 3. The van der Waals surface area contributed by atoms with E-state index < -0.39 is 0 Å². The third kappa shape index (κ3) is 3.90. The number of hydrogen-bond donors (Lipinski definition) is 1. The summed E-state index contributed by atoms with van der Waals surface area (Å²) in [6.07, 6.45) is 9.26. The molecular weight excluding hydrogens is 276 g/mol. The van der Waals surface area contributed by atoms with E-state index >= 15 is 0 Å². The minimum atomic E-state index is 0.0237. The maximum Gasteiger partial charge on any atom is 0.317 e. The molecule has 2 aliphatic rings. The lowest BCUT2D eigenvalue weighted by atomic mass is 10.2. The average molecular weight is 302 g/mol. The van der Waals surface area contributed by atoms with Crippen LogP contribution in [0.4, 0.5) is 10.6 Å². The molecule has 1 aromatic rings. The first-order valence-corrected chi connectivity index (χ1v) is 8.44. The first kappa shape index (κ1) is 15.1. The molecule has 0 spiro atoms. The molecule has 1 aliphatic heterocycles. The molecule has 2 fully saturated rings. The summed E-state index contributed by atoms with van der Waals surface area (Å²) in [5.41, 5.74) is 1.12. The van der Waals surface area contributed by atoms with Crippen LogP contribution < -0.4 is 10.2 Å². The van der Waals surface area contributed by atoms with Crippen LogP contribution >= 0.6 is 0 Å². The highest BCUT2D eigenvalue weighted by atomic mass is 16.2. The molecule has 120 valence electrons. The van der Waals surface area contributed by atoms with E-state index in [0.29, 0.717) is 12.6 Å². The van der Waals surface area contributed by atoms with Crippen LogP contribution in [0.25, 0.3) is 0 Å². The van der Waals surface area contributed by atoms with Crippen molar-refractivity contribution in [3.05, 3.63) is 23.9 Å². The molecule has 0 radical (unpaired) electrons. The molecule has 1 saturated carbocycles. The Morgan fingerprint density at radius 3 is 2.73 bits per heavy atom. The van der Waals surface area contributed by atoms with Crippen molar-refractivity contribution in [2.24, 2.45) is 0 Å². The lowest BCUT2D eigenvalue weighted by molar-refractivity contribution is 0.206. The van der Waals surface area contributed by atoms with Gasteiger partial charge in [-0.05, 0) is 43.4 Å². The maximum atomic E-state index is 12.0. The Bertz CT molecular complexity index is 507. The zero-order chi connectivity index (χ0) is 15.4. The van der Waals surface area contributed by atoms with Gasteiger partial charge in [0.1, 0.15) is 5.82 Å². The second-order valence-electron chi connectivity index (χ2n) is 6.42. The molecule has 0 aromatic carbocycles. The van der Waals surface area contributed by atoms with Gasteiger partial charge in [-0.2, -0.15) is 0 Å². The molecule has 0 atom stereocenters. The maximum absolute atomic E-state index is 12.0. The Kier molecular flexibility index (Phi) is 4.80. The fourth-order valence-electron chi connectivity index (χ4n) is 2.97. The quantitative estimate of drug-likeness (QED) is 0.930. The second-order valence-corrected chi connectivity index (χ2v) is 6.42. The Hall–Kier alpha value is -1.78. The summed E-state index contributed by atoms with van der Waals surface area (Å²) in [7, 11) is 1.88. The largest absolute Gasteiger partial charge is 0.357 e. The van der Waals surface area contributed by atoms with Crippen LogP contribution in [-0.2, 0) is 6.54 Å². The normalized spacial score (nSPS) is 18.7. The fraction of sp³-hybridized carbons (Fsp3) is 0.647. The number of rotatable bonds is 4. The number of nitrogens with one attached hydrogen (secondary N) is 1. The first-order valence-electron chi connectivity index (χ1n) is 8.44. The summed E-state index contributed by atoms with van der Waals surface area (Å²) in [4.78, 5) is 20.7. The summed E-state index contributed by atoms with van der Waals surface area (Å²) in [5.74, 6) is 1.05. The molecule has 2 amide bonds. The van der Waals surface area contributed by atoms with Gasteiger partial charge < -0.3 is 15.1 Å². The zero-order valence-corrected chi connectivity index (χ0v) is 13.4. The smallest absolute Gasteiger partial charge is 0.317 e. The van der Waals surface area contributed by atoms with Crippen molar-refractivity contribution in [3.63, 3.8) is 0 Å². The fourth-order valence-corrected chi connectivity index (χ4v) is 2.97. The number of amides is 2. The summed E-state index contributed by atoms with van der Waals surface area (Å²) in [5, 5.41) is 3.00. The van der Waals surface area contributed by atoms with Gasteiger partial charge >= 0.3 is 6.03 Å². The summed E-state index contributed by atoms with van der Waals surface area (Å²) < 4.78 is 0. The standard InChI is InChI=1S/C17H26N4O/c1-20(15-6-7-15)17(22)19-13-14-8-9-18-16(12-14)21-10-4-2-3-5-11-21/h8-9,12,15H,2-7,10-11,13H2,1H3,(H,19,22). The lowest BCUT2D eigenvalue weighted by Crippen LogP contribution is -2.38. The van der Waals surface area contributed by atoms with Crippen LogP contribution in [0.5, 0.6) is 0 Å². The van der Waals surface area contributed by atoms with Gasteiger partial charge in [0.15, 0.2) is 0 Å². The van der Waals surface area contributed by atoms with E-state index in [1.54, 1.807) is 0 Å². The number of urea groups is 1. The number of hydrogen-bond acceptors (Lipinski definition) is 3. The van der Waals surface area contributed by atoms with Crippen LogP contribution in [0.3, 0.4) is 0 Å². The molecule has 5 heteroatoms. The third-order valence-corrected chi connectivity index (χ3v) is 4.60. The monoisotopic (exact) mass is 302 g/mol. The molecule has 1 N–H and O–H groups in total. The number of anilines is 1. The van der Waals surface area contributed by atoms with E-state index in [2.05, 4.69) is 21.3 Å². The Morgan fingerprint density at radius 1 is 1.32 bits per heavy atom. The minimum absolute atomic E-state index is 0.0237. The molecule has 1 aromatic heterocycles. The van der Waals surface area contributed by atoms with Crippen LogP contribution in [0.15, 0.2) is 18.3 Å². The van der Waals surface area contributed by atoms with Gasteiger partial charge in [0.2, 0.25) is 0 Å². The predicted molar refractivity (Wildman–Crippen MR) is 87.9 cm³/mol. The van der Waals surface area contributed by atoms with Gasteiger partial charge in [-0.3, -0.25) is 0 Å². The van der Waals surface area contributed by atoms with Crippen molar-refractivity contribution in [2.75, 3.05) is 25.0 Å². The number of pyridine rings is 1. The molecule has 22 heavy (non-hydrogen) atoms. The van der Waals surface area contributed by atoms with E-state index in [9.17, 15) is 4.79 Å². The van der Waals surface area contributed by atoms with E-state index in [0.717, 1.165) is 37.3 Å². The van der Waals surface area contributed by atoms with E-state index in [1.165, 1.54) is 25.7 Å². The Balaban J connectivity index is 1.57. The van der Waals surface area contributed by atoms with Crippen molar-refractivity contribution in [3.8, 4) is 0 Å². The summed E-state index contributed by atoms with van der Waals surface area (Å²) in [6.45, 7) is 2.75. The van der Waals surface area contributed by atoms with Crippen LogP contribution in [0.1, 0.15) is 44.1 Å². The van der Waals surface area contributed by atoms with Crippen LogP contribution in [0.2, 0.25) is 0 Å². The average Bonchev–Trinajstić information content (AvgIpc) is 3.38. The molecular formula is C17H26N4O. The number of carbonyl (C=O) groups is 1. The van der Waals surface area contributed by atoms with Crippen molar-refractivity contribution < 1.29 is 4.79 Å². The molecule has 5 nitrogen and oxygen atoms in total. The lowest BCUT2D eigenvalue weighted by Gasteiger charge is -2.22. The first-order chi connectivity index (χ1) is 10.7. The minimum Gasteiger partial charge on any atom is -0.357 e. The van der Waals surface area contributed by atoms with Crippen molar-refractivity contribution in [1.29, 1.82) is 0 Å². The van der Waals surface area contributed by atoms with Gasteiger partial charge in [-0.25, -0.2) is 9.78 Å². The third-order valence-electron chi connectivity index (χ3n) is 4.60. The van der Waals surface area contributed by atoms with Gasteiger partial charge in [-0.15, -0.1) is 0 Å². The SMILES string of the molecule is CN(C(=O)NCc1ccnc(N2CCCCCC2)c1)C1CC1. The van der Waals surface area contributed by atoms with Gasteiger partial charge in [-0.1, -0.05) is 12.8 Å². The van der Waals surface area contributed by atoms with Crippen molar-refractivity contribution >= 4 is 11.8 Å². The summed E-state index contributed by atoms with van der Waals surface area (Å²) in [6, 6.07) is 4.57. The molecule has 1 aliphatic carbocycles. The van der Waals surface area contributed by atoms with Crippen LogP contribution in [0, 0.1) is 0 Å².